The molecule has 2 atom stereocenters. The number of anilines is 1. The molecule has 5 amide bonds. The summed E-state index contributed by atoms with van der Waals surface area (Å²) in [6, 6.07) is 11.5. The van der Waals surface area contributed by atoms with Gasteiger partial charge in [0.1, 0.15) is 17.8 Å². The number of hydrogen-bond donors (Lipinski definition) is 3. The van der Waals surface area contributed by atoms with E-state index in [1.54, 1.807) is 43.5 Å². The molecule has 0 unspecified atom stereocenters. The van der Waals surface area contributed by atoms with E-state index in [0.717, 1.165) is 5.56 Å². The second kappa shape index (κ2) is 9.29. The Morgan fingerprint density at radius 3 is 2.29 bits per heavy atom. The van der Waals surface area contributed by atoms with Gasteiger partial charge in [-0.15, -0.1) is 0 Å². The van der Waals surface area contributed by atoms with Crippen LogP contribution in [-0.4, -0.2) is 48.9 Å². The predicted octanol–water partition coefficient (Wildman–Crippen LogP) is 1.74. The number of imide groups is 1. The molecule has 0 aliphatic carbocycles. The summed E-state index contributed by atoms with van der Waals surface area (Å²) in [5.41, 5.74) is 2.18. The molecular formula is C22H24N4O5. The van der Waals surface area contributed by atoms with Crippen LogP contribution < -0.4 is 20.7 Å². The molecule has 2 aromatic carbocycles. The molecule has 1 fully saturated rings. The summed E-state index contributed by atoms with van der Waals surface area (Å²) in [4.78, 5) is 50.4. The van der Waals surface area contributed by atoms with Crippen LogP contribution in [0.1, 0.15) is 23.6 Å². The zero-order chi connectivity index (χ0) is 22.5. The van der Waals surface area contributed by atoms with E-state index in [2.05, 4.69) is 16.0 Å². The largest absolute Gasteiger partial charge is 0.497 e. The van der Waals surface area contributed by atoms with Crippen molar-refractivity contribution >= 4 is 29.4 Å². The van der Waals surface area contributed by atoms with Crippen LogP contribution in [0.3, 0.4) is 0 Å². The van der Waals surface area contributed by atoms with Crippen LogP contribution in [0.4, 0.5) is 10.5 Å². The third-order valence-electron chi connectivity index (χ3n) is 5.02. The van der Waals surface area contributed by atoms with E-state index in [0.29, 0.717) is 17.0 Å². The number of nitrogens with zero attached hydrogens (tertiary/aromatic N) is 1. The van der Waals surface area contributed by atoms with Crippen LogP contribution in [-0.2, 0) is 14.4 Å². The number of ether oxygens (including phenoxy) is 1. The average Bonchev–Trinajstić information content (AvgIpc) is 3.06. The Hall–Kier alpha value is -3.88. The predicted molar refractivity (Wildman–Crippen MR) is 113 cm³/mol. The summed E-state index contributed by atoms with van der Waals surface area (Å²) in [6.07, 6.45) is -0.258. The summed E-state index contributed by atoms with van der Waals surface area (Å²) >= 11 is 0. The van der Waals surface area contributed by atoms with Gasteiger partial charge in [-0.25, -0.2) is 4.79 Å². The molecule has 0 radical (unpaired) electrons. The van der Waals surface area contributed by atoms with Crippen molar-refractivity contribution in [2.75, 3.05) is 19.5 Å². The highest BCUT2D eigenvalue weighted by molar-refractivity contribution is 6.06. The van der Waals surface area contributed by atoms with Crippen molar-refractivity contribution in [1.82, 2.24) is 15.5 Å². The summed E-state index contributed by atoms with van der Waals surface area (Å²) in [6.45, 7) is 1.92. The van der Waals surface area contributed by atoms with Gasteiger partial charge in [-0.05, 0) is 36.8 Å². The van der Waals surface area contributed by atoms with E-state index in [4.69, 9.17) is 4.74 Å². The number of rotatable bonds is 7. The van der Waals surface area contributed by atoms with Gasteiger partial charge in [0.15, 0.2) is 0 Å². The number of urea groups is 1. The molecule has 3 rings (SSSR count). The Balaban J connectivity index is 1.81. The zero-order valence-electron chi connectivity index (χ0n) is 17.5. The van der Waals surface area contributed by atoms with Crippen LogP contribution in [0.15, 0.2) is 48.5 Å². The highest BCUT2D eigenvalue weighted by Crippen LogP contribution is 2.24. The standard InChI is InChI=1S/C22H24N4O5/c1-13-4-6-14(7-5-13)19(21(29)23-15-8-10-16(31-3)11-9-15)26(2)18(27)12-17-20(28)25-22(30)24-17/h4-11,17,19H,12H2,1-3H3,(H,23,29)(H2,24,25,28,30)/t17-,19+/m0/s1. The lowest BCUT2D eigenvalue weighted by atomic mass is 10.0. The van der Waals surface area contributed by atoms with Gasteiger partial charge in [-0.1, -0.05) is 29.8 Å². The number of aryl methyl sites for hydroxylation is 1. The second-order valence-corrected chi connectivity index (χ2v) is 7.26. The average molecular weight is 424 g/mol. The molecule has 0 aromatic heterocycles. The fourth-order valence-electron chi connectivity index (χ4n) is 3.25. The Morgan fingerprint density at radius 2 is 1.74 bits per heavy atom. The molecule has 1 saturated heterocycles. The number of benzene rings is 2. The lowest BCUT2D eigenvalue weighted by molar-refractivity contribution is -0.138. The first-order chi connectivity index (χ1) is 14.8. The van der Waals surface area contributed by atoms with Crippen molar-refractivity contribution in [1.29, 1.82) is 0 Å². The summed E-state index contributed by atoms with van der Waals surface area (Å²) in [7, 11) is 3.05. The van der Waals surface area contributed by atoms with Gasteiger partial charge >= 0.3 is 6.03 Å². The van der Waals surface area contributed by atoms with Gasteiger partial charge in [0.25, 0.3) is 11.8 Å². The first-order valence-corrected chi connectivity index (χ1v) is 9.67. The van der Waals surface area contributed by atoms with Gasteiger partial charge in [0.2, 0.25) is 5.91 Å². The quantitative estimate of drug-likeness (QED) is 0.586. The number of nitrogens with one attached hydrogen (secondary N) is 3. The summed E-state index contributed by atoms with van der Waals surface area (Å²) < 4.78 is 5.12. The normalized spacial score (nSPS) is 16.2. The van der Waals surface area contributed by atoms with Crippen LogP contribution in [0, 0.1) is 6.92 Å². The number of methoxy groups -OCH3 is 1. The molecule has 1 aliphatic rings. The minimum absolute atomic E-state index is 0.258. The van der Waals surface area contributed by atoms with Crippen molar-refractivity contribution in [2.24, 2.45) is 0 Å². The fourth-order valence-corrected chi connectivity index (χ4v) is 3.25. The maximum atomic E-state index is 13.2. The molecule has 9 nitrogen and oxygen atoms in total. The first-order valence-electron chi connectivity index (χ1n) is 9.67. The van der Waals surface area contributed by atoms with E-state index in [-0.39, 0.29) is 6.42 Å². The van der Waals surface area contributed by atoms with Crippen molar-refractivity contribution < 1.29 is 23.9 Å². The van der Waals surface area contributed by atoms with Crippen molar-refractivity contribution in [3.63, 3.8) is 0 Å². The fraction of sp³-hybridized carbons (Fsp3) is 0.273. The molecule has 9 heteroatoms. The number of carbonyl (C=O) groups is 4. The van der Waals surface area contributed by atoms with Gasteiger partial charge in [-0.2, -0.15) is 0 Å². The molecule has 0 saturated carbocycles. The third kappa shape index (κ3) is 5.19. The topological polar surface area (TPSA) is 117 Å². The molecule has 0 bridgehead atoms. The summed E-state index contributed by atoms with van der Waals surface area (Å²) in [5, 5.41) is 7.30. The van der Waals surface area contributed by atoms with Crippen molar-refractivity contribution in [2.45, 2.75) is 25.4 Å². The minimum atomic E-state index is -0.967. The number of hydrogen-bond acceptors (Lipinski definition) is 5. The monoisotopic (exact) mass is 424 g/mol. The van der Waals surface area contributed by atoms with Crippen LogP contribution in [0.5, 0.6) is 5.75 Å². The Kier molecular flexibility index (Phi) is 6.54. The molecule has 1 aliphatic heterocycles. The number of amides is 5. The Bertz CT molecular complexity index is 988. The van der Waals surface area contributed by atoms with Gasteiger partial charge in [0.05, 0.1) is 13.5 Å². The SMILES string of the molecule is COc1ccc(NC(=O)[C@@H](c2ccc(C)cc2)N(C)C(=O)C[C@@H]2NC(=O)NC2=O)cc1. The number of carbonyl (C=O) groups excluding carboxylic acids is 4. The maximum Gasteiger partial charge on any atom is 0.322 e. The molecule has 162 valence electrons. The highest BCUT2D eigenvalue weighted by Gasteiger charge is 2.35. The molecule has 2 aromatic rings. The maximum absolute atomic E-state index is 13.2. The van der Waals surface area contributed by atoms with E-state index >= 15 is 0 Å². The van der Waals surface area contributed by atoms with Gasteiger partial charge in [0, 0.05) is 12.7 Å². The molecular weight excluding hydrogens is 400 g/mol. The molecule has 0 spiro atoms. The van der Waals surface area contributed by atoms with Crippen LogP contribution in [0.25, 0.3) is 0 Å². The molecule has 1 heterocycles. The Morgan fingerprint density at radius 1 is 1.10 bits per heavy atom. The van der Waals surface area contributed by atoms with Crippen LogP contribution in [0.2, 0.25) is 0 Å². The minimum Gasteiger partial charge on any atom is -0.497 e. The third-order valence-corrected chi connectivity index (χ3v) is 5.02. The van der Waals surface area contributed by atoms with Crippen molar-refractivity contribution in [3.8, 4) is 5.75 Å². The van der Waals surface area contributed by atoms with E-state index in [1.807, 2.05) is 19.1 Å². The smallest absolute Gasteiger partial charge is 0.322 e. The molecule has 3 N–H and O–H groups in total. The lowest BCUT2D eigenvalue weighted by Gasteiger charge is -2.28. The number of likely N-dealkylation sites (N-methyl/N-ethyl adjacent to an activating group) is 1. The van der Waals surface area contributed by atoms with E-state index < -0.39 is 35.8 Å². The van der Waals surface area contributed by atoms with Crippen LogP contribution >= 0.6 is 0 Å². The van der Waals surface area contributed by atoms with Gasteiger partial charge in [-0.3, -0.25) is 19.7 Å². The van der Waals surface area contributed by atoms with Crippen molar-refractivity contribution in [3.05, 3.63) is 59.7 Å². The zero-order valence-corrected chi connectivity index (χ0v) is 17.5. The van der Waals surface area contributed by atoms with Gasteiger partial charge < -0.3 is 20.3 Å². The highest BCUT2D eigenvalue weighted by atomic mass is 16.5. The lowest BCUT2D eigenvalue weighted by Crippen LogP contribution is -2.42. The Labute approximate surface area is 179 Å². The first kappa shape index (κ1) is 21.8. The van der Waals surface area contributed by atoms with E-state index in [1.165, 1.54) is 11.9 Å². The second-order valence-electron chi connectivity index (χ2n) is 7.26. The van der Waals surface area contributed by atoms with E-state index in [9.17, 15) is 19.2 Å². The summed E-state index contributed by atoms with van der Waals surface area (Å²) in [5.74, 6) is -0.791. The molecule has 31 heavy (non-hydrogen) atoms.